The summed E-state index contributed by atoms with van der Waals surface area (Å²) in [7, 11) is 4.35. The van der Waals surface area contributed by atoms with Crippen LogP contribution in [-0.4, -0.2) is 167 Å². The first-order chi connectivity index (χ1) is 63.5. The number of piperazine rings is 3. The maximum atomic E-state index is 14.9. The molecule has 136 heavy (non-hydrogen) atoms. The maximum absolute atomic E-state index is 14.9. The molecular formula is C101H97N9O20S6. The van der Waals surface area contributed by atoms with Crippen molar-refractivity contribution in [3.63, 3.8) is 0 Å². The van der Waals surface area contributed by atoms with Gasteiger partial charge in [-0.25, -0.2) is 9.59 Å². The Balaban J connectivity index is 0.000000171. The van der Waals surface area contributed by atoms with Gasteiger partial charge in [0.1, 0.15) is 11.5 Å². The fourth-order valence-corrected chi connectivity index (χ4v) is 25.5. The number of nitriles is 3. The number of fused-ring (bicyclic) bond motifs is 6. The third-order valence-electron chi connectivity index (χ3n) is 25.1. The number of likely N-dealkylation sites (N-methyl/N-ethyl adjacent to an activating group) is 3. The zero-order valence-corrected chi connectivity index (χ0v) is 77.9. The molecule has 18 rings (SSSR count). The molecule has 0 spiro atoms. The Morgan fingerprint density at radius 2 is 0.610 bits per heavy atom. The Morgan fingerprint density at radius 1 is 0.338 bits per heavy atom. The highest BCUT2D eigenvalue weighted by Gasteiger charge is 2.76. The molecule has 3 unspecified atom stereocenters. The summed E-state index contributed by atoms with van der Waals surface area (Å²) in [4.78, 5) is 167. The molecule has 0 N–H and O–H groups in total. The summed E-state index contributed by atoms with van der Waals surface area (Å²) in [5.74, 6) is -0.0697. The Bertz CT molecular complexity index is 6110. The summed E-state index contributed by atoms with van der Waals surface area (Å²) in [6, 6.07) is 71.5. The van der Waals surface area contributed by atoms with Crippen molar-refractivity contribution in [3.05, 3.63) is 276 Å². The Morgan fingerprint density at radius 3 is 0.949 bits per heavy atom. The van der Waals surface area contributed by atoms with Crippen LogP contribution < -0.4 is 37.9 Å². The van der Waals surface area contributed by atoms with E-state index >= 15 is 0 Å². The van der Waals surface area contributed by atoms with Crippen molar-refractivity contribution in [3.8, 4) is 64.2 Å². The summed E-state index contributed by atoms with van der Waals surface area (Å²) in [5, 5.41) is 28.8. The average Bonchev–Trinajstić information content (AvgIpc) is 1.53. The maximum Gasteiger partial charge on any atom is 0.375 e. The molecule has 6 amide bonds. The minimum Gasteiger partial charge on any atom is -0.454 e. The Labute approximate surface area is 812 Å². The number of hydrogen-bond acceptors (Lipinski definition) is 29. The molecule has 12 atom stereocenters. The number of rotatable bonds is 17. The number of carbonyl (C=O) groups excluding carboxylic acids is 12. The van der Waals surface area contributed by atoms with E-state index in [0.29, 0.717) is 85.8 Å². The number of nitrogens with zero attached hydrogens (tertiary/aromatic N) is 9. The van der Waals surface area contributed by atoms with E-state index in [0.717, 1.165) is 63.1 Å². The van der Waals surface area contributed by atoms with Crippen LogP contribution in [0.15, 0.2) is 237 Å². The monoisotopic (exact) mass is 1950 g/mol. The average molecular weight is 1950 g/mol. The van der Waals surface area contributed by atoms with Gasteiger partial charge in [-0.3, -0.25) is 47.9 Å². The SMILES string of the molecule is C.C.C.CN1C(=O)[C@@]2(SC(=O)Cc3ccccc3)C[C@](C)(C#N)C(c3ccc4c(c3)OCO4)N2C(=O)[C@]1(C)SC(=O)Cc1ccccc1.CN1C(=O)[C@@]2(SC(=O)Oc3ccccc3)C[C@](C)(C#N)C(c3ccc4c(c3)OCO4)N2C(=O)[C@]1(C)SC(=O)Oc1ccccc1.CN1C(=O)[C@@]2(SC(=O)c3ccccc3)C[C@](C)(C#N)C(c3ccc4c(c3)OCO4)N2C(=O)[C@]1(C)SC(=O)c1ccccc1. The van der Waals surface area contributed by atoms with Gasteiger partial charge < -0.3 is 67.3 Å². The second-order valence-electron chi connectivity index (χ2n) is 33.9. The first-order valence-corrected chi connectivity index (χ1v) is 46.7. The first kappa shape index (κ1) is 100. The van der Waals surface area contributed by atoms with Gasteiger partial charge in [-0.15, -0.1) is 0 Å². The van der Waals surface area contributed by atoms with Gasteiger partial charge in [0.05, 0.1) is 52.6 Å². The van der Waals surface area contributed by atoms with Gasteiger partial charge in [-0.2, -0.15) is 15.8 Å². The largest absolute Gasteiger partial charge is 0.454 e. The van der Waals surface area contributed by atoms with Crippen LogP contribution in [0.1, 0.15) is 150 Å². The van der Waals surface area contributed by atoms with Gasteiger partial charge in [-0.05, 0) is 201 Å². The molecule has 0 bridgehead atoms. The molecule has 9 aliphatic rings. The molecule has 35 heteroatoms. The number of amides is 6. The molecule has 702 valence electrons. The molecule has 0 saturated carbocycles. The highest BCUT2D eigenvalue weighted by atomic mass is 32.2. The molecule has 29 nitrogen and oxygen atoms in total. The Kier molecular flexibility index (Phi) is 28.9. The van der Waals surface area contributed by atoms with Crippen LogP contribution in [0, 0.1) is 50.2 Å². The summed E-state index contributed by atoms with van der Waals surface area (Å²) in [6.07, 6.45) is -0.303. The molecule has 9 aliphatic heterocycles. The van der Waals surface area contributed by atoms with E-state index in [1.165, 1.54) is 59.5 Å². The predicted octanol–water partition coefficient (Wildman–Crippen LogP) is 18.2. The third kappa shape index (κ3) is 17.9. The summed E-state index contributed by atoms with van der Waals surface area (Å²) < 4.78 is 44.2. The molecule has 9 aromatic carbocycles. The lowest BCUT2D eigenvalue weighted by Gasteiger charge is -2.52. The van der Waals surface area contributed by atoms with Crippen molar-refractivity contribution >= 4 is 137 Å². The second kappa shape index (κ2) is 39.2. The lowest BCUT2D eigenvalue weighted by atomic mass is 9.79. The fraction of sp³-hybridized carbons (Fsp3) is 0.317. The van der Waals surface area contributed by atoms with Crippen LogP contribution >= 0.6 is 70.6 Å². The van der Waals surface area contributed by atoms with Crippen LogP contribution in [0.4, 0.5) is 9.59 Å². The van der Waals surface area contributed by atoms with E-state index in [1.807, 2.05) is 60.7 Å². The zero-order chi connectivity index (χ0) is 94.5. The van der Waals surface area contributed by atoms with Crippen LogP contribution in [0.3, 0.4) is 0 Å². The number of thioether (sulfide) groups is 6. The Hall–Kier alpha value is -13.2. The first-order valence-electron chi connectivity index (χ1n) is 41.8. The minimum absolute atomic E-state index is 0. The molecular weight excluding hydrogens is 1850 g/mol. The van der Waals surface area contributed by atoms with E-state index in [2.05, 4.69) is 18.2 Å². The smallest absolute Gasteiger partial charge is 0.375 e. The number of hydrogen-bond donors (Lipinski definition) is 0. The van der Waals surface area contributed by atoms with Crippen molar-refractivity contribution in [2.45, 2.75) is 143 Å². The molecule has 9 aromatic rings. The minimum atomic E-state index is -1.88. The van der Waals surface area contributed by atoms with Crippen LogP contribution in [0.2, 0.25) is 0 Å². The normalized spacial score (nSPS) is 26.4. The van der Waals surface area contributed by atoms with Crippen molar-refractivity contribution in [1.29, 1.82) is 15.8 Å². The molecule has 9 heterocycles. The predicted molar refractivity (Wildman–Crippen MR) is 516 cm³/mol. The van der Waals surface area contributed by atoms with Crippen LogP contribution in [0.5, 0.6) is 46.0 Å². The van der Waals surface area contributed by atoms with Gasteiger partial charge in [0.25, 0.3) is 35.4 Å². The van der Waals surface area contributed by atoms with Crippen molar-refractivity contribution in [1.82, 2.24) is 29.4 Å². The topological polar surface area (TPSA) is 369 Å². The highest BCUT2D eigenvalue weighted by molar-refractivity contribution is 8.17. The standard InChI is InChI=1S/C34H31N3O6S2.C32H27N3O8S2.C32H27N3O6S2.3CH4/c1-32(20-35)19-34(45-28(39)17-23-12-8-5-9-13-23)31(41)36(3)33(2,44-27(38)16-22-10-6-4-7-11-22)30(40)37(34)29(32)24-14-15-25-26(18-24)43-21-42-25;1-30(18-33)17-32(45-29(39)43-22-12-8-5-9-13-22)27(37)34(3)31(2,44-28(38)42-21-10-6-4-7-11-21)26(36)35(32)25(30)20-14-15-23-24(16-20)41-19-40-23;1-30(18-33)17-32(43-27(37)21-12-8-5-9-13-21)29(39)34(3)31(2,42-26(36)20-10-6-4-7-11-20)28(38)35(32)25(30)22-14-15-23-24(16-22)41-19-40-23;;;/h4-15,18,29H,16-17,19,21H2,1-3H3;4-16,25H,17,19H2,1-3H3;4-16,25H,17,19H2,1-3H3;3*1H4/t29?,32-,33+,34+;2*25?,30-,31+,32+;;;/m111.../s1. The van der Waals surface area contributed by atoms with E-state index in [1.54, 1.807) is 204 Å². The van der Waals surface area contributed by atoms with Gasteiger partial charge in [0.2, 0.25) is 30.6 Å². The lowest BCUT2D eigenvalue weighted by Crippen LogP contribution is -2.71. The lowest BCUT2D eigenvalue weighted by molar-refractivity contribution is -0.163. The second-order valence-corrected chi connectivity index (χ2v) is 41.9. The number of ether oxygens (including phenoxy) is 8. The molecule has 6 fully saturated rings. The summed E-state index contributed by atoms with van der Waals surface area (Å²) in [6.45, 7) is 9.65. The summed E-state index contributed by atoms with van der Waals surface area (Å²) in [5.41, 5.74) is -0.0319. The van der Waals surface area contributed by atoms with Gasteiger partial charge in [0, 0.05) is 64.4 Å². The summed E-state index contributed by atoms with van der Waals surface area (Å²) >= 11 is 4.11. The molecule has 0 radical (unpaired) electrons. The number of carbonyl (C=O) groups is 12. The number of benzene rings is 9. The molecule has 0 aliphatic carbocycles. The van der Waals surface area contributed by atoms with Gasteiger partial charge in [-0.1, -0.05) is 198 Å². The van der Waals surface area contributed by atoms with E-state index < -0.39 is 120 Å². The number of para-hydroxylation sites is 2. The van der Waals surface area contributed by atoms with Crippen molar-refractivity contribution in [2.75, 3.05) is 41.5 Å². The zero-order valence-electron chi connectivity index (χ0n) is 73.0. The highest BCUT2D eigenvalue weighted by Crippen LogP contribution is 2.67. The van der Waals surface area contributed by atoms with E-state index in [-0.39, 0.29) is 96.5 Å². The fourth-order valence-electron chi connectivity index (χ4n) is 18.3. The van der Waals surface area contributed by atoms with Crippen LogP contribution in [-0.2, 0) is 51.2 Å². The van der Waals surface area contributed by atoms with Gasteiger partial charge in [0.15, 0.2) is 74.0 Å². The quantitative estimate of drug-likeness (QED) is 0.0764. The van der Waals surface area contributed by atoms with Crippen LogP contribution in [0.25, 0.3) is 0 Å². The van der Waals surface area contributed by atoms with E-state index in [9.17, 15) is 73.3 Å². The van der Waals surface area contributed by atoms with Crippen molar-refractivity contribution < 1.29 is 95.4 Å². The van der Waals surface area contributed by atoms with Gasteiger partial charge >= 0.3 is 10.6 Å². The molecule has 0 aromatic heterocycles. The molecule has 6 saturated heterocycles. The third-order valence-corrected chi connectivity index (χ3v) is 32.3. The van der Waals surface area contributed by atoms with E-state index in [4.69, 9.17) is 37.9 Å². The van der Waals surface area contributed by atoms with Crippen molar-refractivity contribution in [2.24, 2.45) is 16.2 Å².